The maximum Gasteiger partial charge on any atom is 0.338 e. The van der Waals surface area contributed by atoms with E-state index in [1.165, 1.54) is 24.3 Å². The molecule has 0 radical (unpaired) electrons. The first-order valence-corrected chi connectivity index (χ1v) is 11.9. The number of esters is 1. The summed E-state index contributed by atoms with van der Waals surface area (Å²) in [4.78, 5) is 51.7. The predicted molar refractivity (Wildman–Crippen MR) is 142 cm³/mol. The highest BCUT2D eigenvalue weighted by Gasteiger charge is 2.15. The van der Waals surface area contributed by atoms with Gasteiger partial charge in [-0.2, -0.15) is 0 Å². The highest BCUT2D eigenvalue weighted by atomic mass is 79.9. The fraction of sp³-hybridized carbons (Fsp3) is 0.0345. The Bertz CT molecular complexity index is 1680. The van der Waals surface area contributed by atoms with Gasteiger partial charge in [-0.1, -0.05) is 64.5 Å². The number of ketones is 1. The smallest absolute Gasteiger partial charge is 0.338 e. The van der Waals surface area contributed by atoms with Crippen molar-refractivity contribution in [1.82, 2.24) is 4.57 Å². The van der Waals surface area contributed by atoms with E-state index >= 15 is 0 Å². The topological polar surface area (TPSA) is 82.4 Å². The number of carbonyl (C=O) groups excluding carboxylic acids is 2. The van der Waals surface area contributed by atoms with Gasteiger partial charge in [-0.05, 0) is 59.3 Å². The number of ether oxygens (including phenoxy) is 1. The predicted octanol–water partition coefficient (Wildman–Crippen LogP) is 5.31. The van der Waals surface area contributed by atoms with Gasteiger partial charge in [0.25, 0.3) is 11.1 Å². The van der Waals surface area contributed by atoms with Gasteiger partial charge in [-0.25, -0.2) is 9.36 Å². The molecule has 7 heteroatoms. The summed E-state index contributed by atoms with van der Waals surface area (Å²) in [6, 6.07) is 26.9. The molecule has 36 heavy (non-hydrogen) atoms. The molecule has 0 saturated heterocycles. The van der Waals surface area contributed by atoms with E-state index in [9.17, 15) is 19.2 Å². The van der Waals surface area contributed by atoms with E-state index in [1.54, 1.807) is 48.5 Å². The highest BCUT2D eigenvalue weighted by Crippen LogP contribution is 2.20. The number of benzene rings is 4. The minimum Gasteiger partial charge on any atom is -0.454 e. The van der Waals surface area contributed by atoms with Gasteiger partial charge in [-0.15, -0.1) is 0 Å². The number of nitrogens with zero attached hydrogens (tertiary/aromatic N) is 1. The zero-order valence-corrected chi connectivity index (χ0v) is 20.4. The van der Waals surface area contributed by atoms with E-state index in [0.717, 1.165) is 9.04 Å². The van der Waals surface area contributed by atoms with Crippen molar-refractivity contribution in [3.63, 3.8) is 0 Å². The van der Waals surface area contributed by atoms with Gasteiger partial charge in [0.1, 0.15) is 0 Å². The maximum absolute atomic E-state index is 13.4. The average Bonchev–Trinajstić information content (AvgIpc) is 3.00. The zero-order valence-electron chi connectivity index (χ0n) is 18.8. The third-order valence-corrected chi connectivity index (χ3v) is 6.40. The van der Waals surface area contributed by atoms with Gasteiger partial charge in [0, 0.05) is 20.8 Å². The first-order valence-electron chi connectivity index (χ1n) is 11.1. The minimum atomic E-state index is -0.684. The Kier molecular flexibility index (Phi) is 6.31. The molecule has 0 amide bonds. The van der Waals surface area contributed by atoms with E-state index in [-0.39, 0.29) is 11.3 Å². The Morgan fingerprint density at radius 2 is 1.11 bits per heavy atom. The molecule has 0 aliphatic carbocycles. The van der Waals surface area contributed by atoms with Crippen molar-refractivity contribution in [2.45, 2.75) is 0 Å². The van der Waals surface area contributed by atoms with Crippen LogP contribution >= 0.6 is 15.9 Å². The average molecular weight is 540 g/mol. The molecule has 4 aromatic carbocycles. The number of aromatic nitrogens is 1. The van der Waals surface area contributed by atoms with Crippen LogP contribution in [0.4, 0.5) is 0 Å². The molecule has 5 rings (SSSR count). The van der Waals surface area contributed by atoms with Crippen molar-refractivity contribution in [3.8, 4) is 5.69 Å². The summed E-state index contributed by atoms with van der Waals surface area (Å²) in [6.45, 7) is -0.404. The SMILES string of the molecule is O=C(COC(=O)c1ccc(-n2c(=O)c3ccccc3c3ccccc3c2=O)cc1)c1ccc(Br)cc1. The molecular weight excluding hydrogens is 522 g/mol. The third-order valence-electron chi connectivity index (χ3n) is 5.87. The zero-order chi connectivity index (χ0) is 25.2. The molecule has 0 fully saturated rings. The van der Waals surface area contributed by atoms with Crippen LogP contribution in [0.5, 0.6) is 0 Å². The number of Topliss-reactive ketones (excluding diaryl/α,β-unsaturated/α-hetero) is 1. The van der Waals surface area contributed by atoms with Gasteiger partial charge in [0.05, 0.1) is 11.3 Å². The van der Waals surface area contributed by atoms with Crippen molar-refractivity contribution in [2.75, 3.05) is 6.61 Å². The van der Waals surface area contributed by atoms with Crippen LogP contribution in [-0.4, -0.2) is 22.9 Å². The molecule has 6 nitrogen and oxygen atoms in total. The van der Waals surface area contributed by atoms with Crippen molar-refractivity contribution < 1.29 is 14.3 Å². The molecular formula is C29H18BrNO5. The summed E-state index contributed by atoms with van der Waals surface area (Å²) in [5.74, 6) is -1.01. The lowest BCUT2D eigenvalue weighted by atomic mass is 10.1. The molecule has 0 aliphatic heterocycles. The largest absolute Gasteiger partial charge is 0.454 e. The quantitative estimate of drug-likeness (QED) is 0.223. The molecule has 0 unspecified atom stereocenters. The Labute approximate surface area is 213 Å². The van der Waals surface area contributed by atoms with E-state index < -0.39 is 23.7 Å². The number of rotatable bonds is 5. The van der Waals surface area contributed by atoms with Crippen LogP contribution in [0, 0.1) is 0 Å². The minimum absolute atomic E-state index is 0.192. The molecule has 0 atom stereocenters. The number of halogens is 1. The first kappa shape index (κ1) is 23.4. The van der Waals surface area contributed by atoms with Crippen molar-refractivity contribution in [1.29, 1.82) is 0 Å². The molecule has 0 bridgehead atoms. The van der Waals surface area contributed by atoms with Gasteiger partial charge < -0.3 is 4.74 Å². The summed E-state index contributed by atoms with van der Waals surface area (Å²) in [7, 11) is 0. The maximum atomic E-state index is 13.4. The van der Waals surface area contributed by atoms with Crippen LogP contribution in [0.2, 0.25) is 0 Å². The number of hydrogen-bond donors (Lipinski definition) is 0. The molecule has 0 aliphatic rings. The summed E-state index contributed by atoms with van der Waals surface area (Å²) in [5, 5.41) is 2.19. The second-order valence-electron chi connectivity index (χ2n) is 8.09. The number of hydrogen-bond acceptors (Lipinski definition) is 5. The molecule has 5 aromatic rings. The van der Waals surface area contributed by atoms with Gasteiger partial charge in [0.15, 0.2) is 12.4 Å². The standard InChI is InChI=1S/C29H18BrNO5/c30-20-13-9-18(10-14-20)26(32)17-36-29(35)19-11-15-21(16-12-19)31-27(33)24-7-3-1-5-22(24)23-6-2-4-8-25(23)28(31)34/h1-16H,17H2. The van der Waals surface area contributed by atoms with Crippen molar-refractivity contribution in [2.24, 2.45) is 0 Å². The molecule has 1 heterocycles. The second-order valence-corrected chi connectivity index (χ2v) is 9.01. The summed E-state index contributed by atoms with van der Waals surface area (Å²) < 4.78 is 7.11. The third kappa shape index (κ3) is 4.36. The molecule has 176 valence electrons. The van der Waals surface area contributed by atoms with Gasteiger partial charge in [0.2, 0.25) is 0 Å². The lowest BCUT2D eigenvalue weighted by Gasteiger charge is -2.07. The van der Waals surface area contributed by atoms with Crippen LogP contribution in [0.3, 0.4) is 0 Å². The van der Waals surface area contributed by atoms with Gasteiger partial charge in [-0.3, -0.25) is 14.4 Å². The summed E-state index contributed by atoms with van der Waals surface area (Å²) in [6.07, 6.45) is 0. The number of carbonyl (C=O) groups is 2. The lowest BCUT2D eigenvalue weighted by molar-refractivity contribution is 0.0475. The van der Waals surface area contributed by atoms with Crippen LogP contribution in [0.25, 0.3) is 27.2 Å². The van der Waals surface area contributed by atoms with Crippen LogP contribution in [0.15, 0.2) is 111 Å². The summed E-state index contributed by atoms with van der Waals surface area (Å²) >= 11 is 3.31. The normalized spacial score (nSPS) is 10.9. The van der Waals surface area contributed by atoms with Crippen LogP contribution in [0.1, 0.15) is 20.7 Å². The number of fused-ring (bicyclic) bond motifs is 3. The Balaban J connectivity index is 1.48. The van der Waals surface area contributed by atoms with Crippen LogP contribution in [-0.2, 0) is 4.74 Å². The van der Waals surface area contributed by atoms with Crippen LogP contribution < -0.4 is 11.1 Å². The molecule has 1 aromatic heterocycles. The lowest BCUT2D eigenvalue weighted by Crippen LogP contribution is -2.28. The van der Waals surface area contributed by atoms with E-state index in [2.05, 4.69) is 15.9 Å². The molecule has 0 spiro atoms. The Morgan fingerprint density at radius 1 is 0.639 bits per heavy atom. The monoisotopic (exact) mass is 539 g/mol. The Hall–Kier alpha value is -4.36. The molecule has 0 saturated carbocycles. The second kappa shape index (κ2) is 9.71. The molecule has 0 N–H and O–H groups in total. The van der Waals surface area contributed by atoms with E-state index in [1.807, 2.05) is 24.3 Å². The Morgan fingerprint density at radius 3 is 1.64 bits per heavy atom. The van der Waals surface area contributed by atoms with E-state index in [0.29, 0.717) is 32.8 Å². The van der Waals surface area contributed by atoms with Crippen molar-refractivity contribution in [3.05, 3.63) is 133 Å². The highest BCUT2D eigenvalue weighted by molar-refractivity contribution is 9.10. The fourth-order valence-electron chi connectivity index (χ4n) is 4.06. The fourth-order valence-corrected chi connectivity index (χ4v) is 4.32. The summed E-state index contributed by atoms with van der Waals surface area (Å²) in [5.41, 5.74) is 0.0291. The van der Waals surface area contributed by atoms with E-state index in [4.69, 9.17) is 4.74 Å². The van der Waals surface area contributed by atoms with Gasteiger partial charge >= 0.3 is 5.97 Å². The first-order chi connectivity index (χ1) is 17.4. The van der Waals surface area contributed by atoms with Crippen molar-refractivity contribution >= 4 is 49.2 Å².